The minimum atomic E-state index is 0.0192. The van der Waals surface area contributed by atoms with Gasteiger partial charge in [-0.2, -0.15) is 0 Å². The van der Waals surface area contributed by atoms with Crippen LogP contribution in [0.4, 0.5) is 0 Å². The van der Waals surface area contributed by atoms with Crippen molar-refractivity contribution >= 4 is 0 Å². The standard InChI is InChI=1S/C28H34O2/c1-27(2,3)25(19-10-14-23(29)15-11-19)21-8-7-9-22(18-21)26(28(4,5)6)20-12-16-24(30)17-13-20/h7-18,25-26,29-30H,1-6H3. The summed E-state index contributed by atoms with van der Waals surface area (Å²) in [6, 6.07) is 24.1. The van der Waals surface area contributed by atoms with Crippen LogP contribution in [-0.2, 0) is 0 Å². The third-order valence-corrected chi connectivity index (χ3v) is 5.76. The maximum absolute atomic E-state index is 9.75. The van der Waals surface area contributed by atoms with E-state index in [0.29, 0.717) is 11.5 Å². The van der Waals surface area contributed by atoms with E-state index < -0.39 is 0 Å². The zero-order chi connectivity index (χ0) is 22.1. The van der Waals surface area contributed by atoms with Crippen molar-refractivity contribution in [2.24, 2.45) is 10.8 Å². The molecule has 0 fully saturated rings. The smallest absolute Gasteiger partial charge is 0.115 e. The van der Waals surface area contributed by atoms with Crippen LogP contribution in [0.1, 0.15) is 75.6 Å². The third-order valence-electron chi connectivity index (χ3n) is 5.76. The van der Waals surface area contributed by atoms with Crippen LogP contribution >= 0.6 is 0 Å². The summed E-state index contributed by atoms with van der Waals surface area (Å²) in [4.78, 5) is 0. The Morgan fingerprint density at radius 3 is 1.13 bits per heavy atom. The van der Waals surface area contributed by atoms with E-state index in [9.17, 15) is 10.2 Å². The van der Waals surface area contributed by atoms with Crippen LogP contribution in [0.3, 0.4) is 0 Å². The highest BCUT2D eigenvalue weighted by atomic mass is 16.3. The molecule has 0 aliphatic heterocycles. The van der Waals surface area contributed by atoms with Gasteiger partial charge in [-0.05, 0) is 57.3 Å². The molecule has 0 saturated carbocycles. The molecular weight excluding hydrogens is 368 g/mol. The summed E-state index contributed by atoms with van der Waals surface area (Å²) in [6.07, 6.45) is 0. The van der Waals surface area contributed by atoms with Gasteiger partial charge >= 0.3 is 0 Å². The molecule has 2 unspecified atom stereocenters. The van der Waals surface area contributed by atoms with Crippen molar-refractivity contribution in [3.63, 3.8) is 0 Å². The average molecular weight is 403 g/mol. The lowest BCUT2D eigenvalue weighted by molar-refractivity contribution is 0.351. The van der Waals surface area contributed by atoms with Gasteiger partial charge in [-0.25, -0.2) is 0 Å². The molecule has 2 nitrogen and oxygen atoms in total. The van der Waals surface area contributed by atoms with Crippen molar-refractivity contribution in [3.05, 3.63) is 95.1 Å². The zero-order valence-electron chi connectivity index (χ0n) is 19.0. The van der Waals surface area contributed by atoms with E-state index in [4.69, 9.17) is 0 Å². The maximum Gasteiger partial charge on any atom is 0.115 e. The summed E-state index contributed by atoms with van der Waals surface area (Å²) >= 11 is 0. The number of rotatable bonds is 4. The van der Waals surface area contributed by atoms with Crippen molar-refractivity contribution in [1.82, 2.24) is 0 Å². The number of hydrogen-bond donors (Lipinski definition) is 2. The molecular formula is C28H34O2. The predicted octanol–water partition coefficient (Wildman–Crippen LogP) is 7.45. The summed E-state index contributed by atoms with van der Waals surface area (Å²) in [6.45, 7) is 13.6. The van der Waals surface area contributed by atoms with Gasteiger partial charge in [0.1, 0.15) is 11.5 Å². The van der Waals surface area contributed by atoms with E-state index in [0.717, 1.165) is 0 Å². The highest BCUT2D eigenvalue weighted by Crippen LogP contribution is 2.45. The van der Waals surface area contributed by atoms with Gasteiger partial charge in [0.2, 0.25) is 0 Å². The first-order chi connectivity index (χ1) is 14.0. The molecule has 0 radical (unpaired) electrons. The molecule has 2 heteroatoms. The lowest BCUT2D eigenvalue weighted by Crippen LogP contribution is -2.22. The van der Waals surface area contributed by atoms with Crippen molar-refractivity contribution in [2.75, 3.05) is 0 Å². The molecule has 0 heterocycles. The van der Waals surface area contributed by atoms with Crippen molar-refractivity contribution in [2.45, 2.75) is 53.4 Å². The second-order valence-electron chi connectivity index (χ2n) is 10.5. The molecule has 0 bridgehead atoms. The van der Waals surface area contributed by atoms with Crippen LogP contribution in [0.5, 0.6) is 11.5 Å². The van der Waals surface area contributed by atoms with Gasteiger partial charge in [0.25, 0.3) is 0 Å². The normalized spacial score (nSPS) is 14.3. The fourth-order valence-corrected chi connectivity index (χ4v) is 4.64. The molecule has 2 N–H and O–H groups in total. The number of hydrogen-bond acceptors (Lipinski definition) is 2. The quantitative estimate of drug-likeness (QED) is 0.475. The lowest BCUT2D eigenvalue weighted by Gasteiger charge is -2.35. The Balaban J connectivity index is 2.12. The van der Waals surface area contributed by atoms with Gasteiger partial charge < -0.3 is 10.2 Å². The second kappa shape index (κ2) is 8.18. The molecule has 30 heavy (non-hydrogen) atoms. The van der Waals surface area contributed by atoms with Gasteiger partial charge in [0.05, 0.1) is 0 Å². The lowest BCUT2D eigenvalue weighted by atomic mass is 9.69. The van der Waals surface area contributed by atoms with Crippen molar-refractivity contribution < 1.29 is 10.2 Å². The fourth-order valence-electron chi connectivity index (χ4n) is 4.64. The van der Waals surface area contributed by atoms with Crippen LogP contribution in [0.15, 0.2) is 72.8 Å². The number of phenols is 2. The van der Waals surface area contributed by atoms with Crippen molar-refractivity contribution in [1.29, 1.82) is 0 Å². The largest absolute Gasteiger partial charge is 0.508 e. The molecule has 3 aromatic carbocycles. The maximum atomic E-state index is 9.75. The Hall–Kier alpha value is -2.74. The SMILES string of the molecule is CC(C)(C)C(c1ccc(O)cc1)c1cccc(C(c2ccc(O)cc2)C(C)(C)C)c1. The first-order valence-electron chi connectivity index (χ1n) is 10.6. The van der Waals surface area contributed by atoms with Crippen LogP contribution in [-0.4, -0.2) is 10.2 Å². The zero-order valence-corrected chi connectivity index (χ0v) is 19.0. The summed E-state index contributed by atoms with van der Waals surface area (Å²) in [5.74, 6) is 0.998. The Bertz CT molecular complexity index is 892. The molecule has 0 aliphatic carbocycles. The monoisotopic (exact) mass is 402 g/mol. The van der Waals surface area contributed by atoms with Gasteiger partial charge in [-0.1, -0.05) is 90.1 Å². The molecule has 0 saturated heterocycles. The second-order valence-corrected chi connectivity index (χ2v) is 10.5. The Labute approximate surface area is 181 Å². The fraction of sp³-hybridized carbons (Fsp3) is 0.357. The van der Waals surface area contributed by atoms with E-state index in [1.54, 1.807) is 24.3 Å². The molecule has 0 aliphatic rings. The van der Waals surface area contributed by atoms with E-state index in [-0.39, 0.29) is 22.7 Å². The first kappa shape index (κ1) is 22.0. The minimum absolute atomic E-state index is 0.0192. The molecule has 158 valence electrons. The molecule has 3 aromatic rings. The molecule has 0 amide bonds. The van der Waals surface area contributed by atoms with Crippen LogP contribution in [0.25, 0.3) is 0 Å². The number of phenolic OH excluding ortho intramolecular Hbond substituents is 2. The molecule has 2 atom stereocenters. The van der Waals surface area contributed by atoms with Crippen LogP contribution in [0.2, 0.25) is 0 Å². The number of aromatic hydroxyl groups is 2. The van der Waals surface area contributed by atoms with E-state index >= 15 is 0 Å². The Kier molecular flexibility index (Phi) is 5.99. The van der Waals surface area contributed by atoms with E-state index in [2.05, 4.69) is 65.8 Å². The summed E-state index contributed by atoms with van der Waals surface area (Å²) < 4.78 is 0. The molecule has 0 aromatic heterocycles. The highest BCUT2D eigenvalue weighted by molar-refractivity contribution is 5.43. The van der Waals surface area contributed by atoms with Crippen LogP contribution in [0, 0.1) is 10.8 Å². The van der Waals surface area contributed by atoms with Gasteiger partial charge in [-0.15, -0.1) is 0 Å². The van der Waals surface area contributed by atoms with Gasteiger partial charge in [0, 0.05) is 11.8 Å². The minimum Gasteiger partial charge on any atom is -0.508 e. The average Bonchev–Trinajstić information content (AvgIpc) is 2.64. The highest BCUT2D eigenvalue weighted by Gasteiger charge is 2.31. The van der Waals surface area contributed by atoms with Gasteiger partial charge in [0.15, 0.2) is 0 Å². The summed E-state index contributed by atoms with van der Waals surface area (Å²) in [5.41, 5.74) is 5.00. The number of benzene rings is 3. The Morgan fingerprint density at radius 1 is 0.500 bits per heavy atom. The molecule has 3 rings (SSSR count). The Morgan fingerprint density at radius 2 is 0.833 bits per heavy atom. The summed E-state index contributed by atoms with van der Waals surface area (Å²) in [5, 5.41) is 19.5. The third kappa shape index (κ3) is 4.87. The van der Waals surface area contributed by atoms with Crippen molar-refractivity contribution in [3.8, 4) is 11.5 Å². The first-order valence-corrected chi connectivity index (χ1v) is 10.6. The summed E-state index contributed by atoms with van der Waals surface area (Å²) in [7, 11) is 0. The predicted molar refractivity (Wildman–Crippen MR) is 125 cm³/mol. The van der Waals surface area contributed by atoms with Crippen LogP contribution < -0.4 is 0 Å². The topological polar surface area (TPSA) is 40.5 Å². The molecule has 0 spiro atoms. The van der Waals surface area contributed by atoms with Gasteiger partial charge in [-0.3, -0.25) is 0 Å². The van der Waals surface area contributed by atoms with E-state index in [1.165, 1.54) is 22.3 Å². The van der Waals surface area contributed by atoms with E-state index in [1.807, 2.05) is 24.3 Å².